The third-order valence-electron chi connectivity index (χ3n) is 6.03. The molecule has 0 radical (unpaired) electrons. The van der Waals surface area contributed by atoms with Crippen LogP contribution in [0.5, 0.6) is 0 Å². The van der Waals surface area contributed by atoms with Gasteiger partial charge in [0.2, 0.25) is 0 Å². The van der Waals surface area contributed by atoms with Crippen molar-refractivity contribution < 1.29 is 9.59 Å². The molecule has 1 aliphatic heterocycles. The van der Waals surface area contributed by atoms with Crippen LogP contribution in [0.25, 0.3) is 27.9 Å². The summed E-state index contributed by atoms with van der Waals surface area (Å²) in [4.78, 5) is 43.5. The Hall–Kier alpha value is -4.64. The van der Waals surface area contributed by atoms with Crippen molar-refractivity contribution in [2.75, 3.05) is 13.1 Å². The number of nitrogens with zero attached hydrogens (tertiary/aromatic N) is 5. The Kier molecular flexibility index (Phi) is 5.67. The second kappa shape index (κ2) is 9.08. The number of amides is 1. The molecule has 1 fully saturated rings. The van der Waals surface area contributed by atoms with Crippen LogP contribution in [-0.2, 0) is 4.79 Å². The maximum absolute atomic E-state index is 13.1. The predicted molar refractivity (Wildman–Crippen MR) is 126 cm³/mol. The van der Waals surface area contributed by atoms with Crippen LogP contribution in [-0.4, -0.2) is 49.6 Å². The molecule has 0 atom stereocenters. The molecule has 5 rings (SSSR count). The second-order valence-corrected chi connectivity index (χ2v) is 7.95. The number of aromatic amines is 1. The summed E-state index contributed by atoms with van der Waals surface area (Å²) in [6.07, 6.45) is 9.03. The molecule has 1 aromatic carbocycles. The highest BCUT2D eigenvalue weighted by Crippen LogP contribution is 2.29. The molecule has 8 heteroatoms. The van der Waals surface area contributed by atoms with Crippen LogP contribution in [0.1, 0.15) is 28.8 Å². The van der Waals surface area contributed by atoms with Gasteiger partial charge in [-0.3, -0.25) is 24.5 Å². The van der Waals surface area contributed by atoms with Gasteiger partial charge in [0.25, 0.3) is 11.7 Å². The Labute approximate surface area is 195 Å². The Morgan fingerprint density at radius 2 is 1.79 bits per heavy atom. The third-order valence-corrected chi connectivity index (χ3v) is 6.03. The standard InChI is InChI=1S/C26H20N6O2/c27-14-20(17-4-2-1-3-5-17)18-7-12-32(13-8-18)26(34)25(33)21-15-31-23-19(6-9-30-24(21)23)22-16-28-10-11-29-22/h1-6,9-11,15-16,31H,7-8,12-13H2. The Morgan fingerprint density at radius 3 is 2.50 bits per heavy atom. The molecule has 0 spiro atoms. The van der Waals surface area contributed by atoms with E-state index < -0.39 is 11.7 Å². The Morgan fingerprint density at radius 1 is 1.00 bits per heavy atom. The van der Waals surface area contributed by atoms with E-state index in [9.17, 15) is 14.9 Å². The van der Waals surface area contributed by atoms with Crippen LogP contribution in [0.2, 0.25) is 0 Å². The molecule has 0 bridgehead atoms. The monoisotopic (exact) mass is 448 g/mol. The number of rotatable bonds is 4. The number of carbonyl (C=O) groups excluding carboxylic acids is 2. The van der Waals surface area contributed by atoms with E-state index in [4.69, 9.17) is 0 Å². The van der Waals surface area contributed by atoms with Gasteiger partial charge in [-0.15, -0.1) is 0 Å². The van der Waals surface area contributed by atoms with Crippen LogP contribution < -0.4 is 0 Å². The highest BCUT2D eigenvalue weighted by Gasteiger charge is 2.29. The van der Waals surface area contributed by atoms with Gasteiger partial charge in [-0.25, -0.2) is 0 Å². The number of carbonyl (C=O) groups is 2. The van der Waals surface area contributed by atoms with Gasteiger partial charge in [0.1, 0.15) is 0 Å². The maximum Gasteiger partial charge on any atom is 0.295 e. The first-order chi connectivity index (χ1) is 16.7. The van der Waals surface area contributed by atoms with Crippen LogP contribution in [0, 0.1) is 11.3 Å². The molecule has 8 nitrogen and oxygen atoms in total. The zero-order valence-electron chi connectivity index (χ0n) is 18.2. The number of aromatic nitrogens is 4. The SMILES string of the molecule is N#CC(=C1CCN(C(=O)C(=O)c2c[nH]c3c(-c4cnccn4)ccnc23)CC1)c1ccccc1. The Bertz CT molecular complexity index is 1440. The summed E-state index contributed by atoms with van der Waals surface area (Å²) in [5, 5.41) is 9.66. The average Bonchev–Trinajstić information content (AvgIpc) is 3.34. The minimum atomic E-state index is -0.606. The summed E-state index contributed by atoms with van der Waals surface area (Å²) in [5.74, 6) is -1.17. The second-order valence-electron chi connectivity index (χ2n) is 7.95. The van der Waals surface area contributed by atoms with Gasteiger partial charge in [0.15, 0.2) is 0 Å². The van der Waals surface area contributed by atoms with Crippen molar-refractivity contribution >= 4 is 28.3 Å². The lowest BCUT2D eigenvalue weighted by Crippen LogP contribution is -2.40. The molecule has 166 valence electrons. The number of benzene rings is 1. The molecular formula is C26H20N6O2. The number of fused-ring (bicyclic) bond motifs is 1. The molecule has 1 aliphatic rings. The minimum absolute atomic E-state index is 0.231. The van der Waals surface area contributed by atoms with Gasteiger partial charge in [-0.1, -0.05) is 30.3 Å². The summed E-state index contributed by atoms with van der Waals surface area (Å²) >= 11 is 0. The first-order valence-corrected chi connectivity index (χ1v) is 10.9. The Balaban J connectivity index is 1.36. The lowest BCUT2D eigenvalue weighted by molar-refractivity contribution is -0.126. The van der Waals surface area contributed by atoms with Gasteiger partial charge < -0.3 is 9.88 Å². The number of hydrogen-bond donors (Lipinski definition) is 1. The number of nitrogens with one attached hydrogen (secondary N) is 1. The van der Waals surface area contributed by atoms with Gasteiger partial charge >= 0.3 is 0 Å². The van der Waals surface area contributed by atoms with Crippen molar-refractivity contribution in [1.82, 2.24) is 24.8 Å². The van der Waals surface area contributed by atoms with E-state index in [1.165, 1.54) is 6.20 Å². The first-order valence-electron chi connectivity index (χ1n) is 10.9. The van der Waals surface area contributed by atoms with E-state index in [1.807, 2.05) is 30.3 Å². The molecule has 1 N–H and O–H groups in total. The van der Waals surface area contributed by atoms with Gasteiger partial charge in [0, 0.05) is 43.4 Å². The number of hydrogen-bond acceptors (Lipinski definition) is 6. The fraction of sp³-hybridized carbons (Fsp3) is 0.154. The van der Waals surface area contributed by atoms with Crippen LogP contribution in [0.3, 0.4) is 0 Å². The normalized spacial score (nSPS) is 13.5. The van der Waals surface area contributed by atoms with Crippen molar-refractivity contribution in [2.45, 2.75) is 12.8 Å². The largest absolute Gasteiger partial charge is 0.359 e. The highest BCUT2D eigenvalue weighted by molar-refractivity contribution is 6.44. The van der Waals surface area contributed by atoms with Crippen molar-refractivity contribution in [1.29, 1.82) is 5.26 Å². The number of likely N-dealkylation sites (tertiary alicyclic amines) is 1. The highest BCUT2D eigenvalue weighted by atomic mass is 16.2. The summed E-state index contributed by atoms with van der Waals surface area (Å²) < 4.78 is 0. The summed E-state index contributed by atoms with van der Waals surface area (Å²) in [6, 6.07) is 13.6. The van der Waals surface area contributed by atoms with E-state index in [-0.39, 0.29) is 5.56 Å². The van der Waals surface area contributed by atoms with Gasteiger partial charge in [-0.05, 0) is 30.0 Å². The van der Waals surface area contributed by atoms with E-state index in [2.05, 4.69) is 26.0 Å². The molecule has 1 saturated heterocycles. The molecule has 0 aliphatic carbocycles. The molecule has 1 amide bonds. The molecule has 0 saturated carbocycles. The number of H-pyrrole nitrogens is 1. The number of Topliss-reactive ketones (excluding diaryl/α,β-unsaturated/α-hetero) is 1. The number of piperidine rings is 1. The number of allylic oxidation sites excluding steroid dienone is 1. The molecule has 4 heterocycles. The van der Waals surface area contributed by atoms with Crippen molar-refractivity contribution in [3.05, 3.63) is 84.1 Å². The van der Waals surface area contributed by atoms with Crippen LogP contribution in [0.4, 0.5) is 0 Å². The van der Waals surface area contributed by atoms with Crippen molar-refractivity contribution in [3.8, 4) is 17.3 Å². The summed E-state index contributed by atoms with van der Waals surface area (Å²) in [7, 11) is 0. The van der Waals surface area contributed by atoms with E-state index in [0.717, 1.165) is 16.7 Å². The number of ketones is 1. The van der Waals surface area contributed by atoms with E-state index in [0.29, 0.717) is 48.2 Å². The first kappa shape index (κ1) is 21.2. The van der Waals surface area contributed by atoms with E-state index in [1.54, 1.807) is 35.8 Å². The minimum Gasteiger partial charge on any atom is -0.359 e. The van der Waals surface area contributed by atoms with Gasteiger partial charge in [0.05, 0.1) is 40.1 Å². The van der Waals surface area contributed by atoms with Crippen LogP contribution in [0.15, 0.2) is 73.0 Å². The van der Waals surface area contributed by atoms with E-state index >= 15 is 0 Å². The fourth-order valence-electron chi connectivity index (χ4n) is 4.29. The zero-order valence-corrected chi connectivity index (χ0v) is 18.2. The molecule has 4 aromatic rings. The summed E-state index contributed by atoms with van der Waals surface area (Å²) in [6.45, 7) is 0.775. The summed E-state index contributed by atoms with van der Waals surface area (Å²) in [5.41, 5.74) is 5.21. The number of pyridine rings is 1. The molecule has 3 aromatic heterocycles. The molecule has 34 heavy (non-hydrogen) atoms. The lowest BCUT2D eigenvalue weighted by atomic mass is 9.93. The zero-order chi connectivity index (χ0) is 23.5. The topological polar surface area (TPSA) is 116 Å². The quantitative estimate of drug-likeness (QED) is 0.288. The van der Waals surface area contributed by atoms with Crippen molar-refractivity contribution in [2.24, 2.45) is 0 Å². The predicted octanol–water partition coefficient (Wildman–Crippen LogP) is 3.80. The molecular weight excluding hydrogens is 428 g/mol. The van der Waals surface area contributed by atoms with Crippen LogP contribution >= 0.6 is 0 Å². The maximum atomic E-state index is 13.1. The lowest BCUT2D eigenvalue weighted by Gasteiger charge is -2.28. The van der Waals surface area contributed by atoms with Crippen molar-refractivity contribution in [3.63, 3.8) is 0 Å². The molecule has 0 unspecified atom stereocenters. The average molecular weight is 448 g/mol. The van der Waals surface area contributed by atoms with Gasteiger partial charge in [-0.2, -0.15) is 5.26 Å². The third kappa shape index (κ3) is 3.84. The number of nitriles is 1. The fourth-order valence-corrected chi connectivity index (χ4v) is 4.29. The smallest absolute Gasteiger partial charge is 0.295 e.